The molecule has 0 bridgehead atoms. The Hall–Kier alpha value is -1.14. The van der Waals surface area contributed by atoms with Gasteiger partial charge in [-0.3, -0.25) is 4.79 Å². The molecule has 0 aliphatic heterocycles. The molecule has 0 fully saturated rings. The number of carbonyl (C=O) groups is 1. The number of rotatable bonds is 4. The van der Waals surface area contributed by atoms with Crippen molar-refractivity contribution in [3.63, 3.8) is 0 Å². The van der Waals surface area contributed by atoms with Gasteiger partial charge in [-0.15, -0.1) is 0 Å². The van der Waals surface area contributed by atoms with Crippen LogP contribution in [0.4, 0.5) is 0 Å². The summed E-state index contributed by atoms with van der Waals surface area (Å²) in [5.74, 6) is 1.65. The molecular formula is C7H8O2. The van der Waals surface area contributed by atoms with E-state index in [1.807, 2.05) is 0 Å². The molecule has 0 amide bonds. The van der Waals surface area contributed by atoms with Crippen LogP contribution >= 0.6 is 0 Å². The van der Waals surface area contributed by atoms with E-state index in [4.69, 9.17) is 0 Å². The molecule has 2 nitrogen and oxygen atoms in total. The molecule has 0 aromatic heterocycles. The van der Waals surface area contributed by atoms with Gasteiger partial charge in [0.15, 0.2) is 0 Å². The van der Waals surface area contributed by atoms with E-state index in [2.05, 4.69) is 0 Å². The normalized spacial score (nSPS) is 8.89. The number of carbonyl (C=O) groups excluding carboxylic acids is 2. The van der Waals surface area contributed by atoms with Gasteiger partial charge in [-0.05, 0) is 18.9 Å². The summed E-state index contributed by atoms with van der Waals surface area (Å²) in [6.45, 7) is 0. The molecule has 0 saturated heterocycles. The fourth-order valence-electron chi connectivity index (χ4n) is 0.390. The van der Waals surface area contributed by atoms with Gasteiger partial charge >= 0.3 is 0 Å². The summed E-state index contributed by atoms with van der Waals surface area (Å²) >= 11 is 0. The highest BCUT2D eigenvalue weighted by Crippen LogP contribution is 1.88. The molecule has 0 spiro atoms. The zero-order chi connectivity index (χ0) is 6.95. The third-order valence-corrected chi connectivity index (χ3v) is 0.776. The summed E-state index contributed by atoms with van der Waals surface area (Å²) in [6.07, 6.45) is 6.63. The van der Waals surface area contributed by atoms with Gasteiger partial charge in [0.25, 0.3) is 0 Å². The Kier molecular flexibility index (Phi) is 5.99. The van der Waals surface area contributed by atoms with Crippen molar-refractivity contribution < 1.29 is 9.59 Å². The second kappa shape index (κ2) is 6.86. The Morgan fingerprint density at radius 2 is 2.11 bits per heavy atom. The first-order valence-electron chi connectivity index (χ1n) is 2.71. The van der Waals surface area contributed by atoms with Crippen LogP contribution < -0.4 is 0 Å². The molecule has 0 heterocycles. The minimum absolute atomic E-state index is 0.661. The van der Waals surface area contributed by atoms with E-state index in [0.717, 1.165) is 6.42 Å². The summed E-state index contributed by atoms with van der Waals surface area (Å²) in [6, 6.07) is 0. The summed E-state index contributed by atoms with van der Waals surface area (Å²) in [5.41, 5.74) is 0. The second-order valence-corrected chi connectivity index (χ2v) is 1.46. The van der Waals surface area contributed by atoms with Gasteiger partial charge in [0, 0.05) is 6.08 Å². The van der Waals surface area contributed by atoms with Crippen LogP contribution in [0, 0.1) is 0 Å². The fourth-order valence-corrected chi connectivity index (χ4v) is 0.390. The lowest BCUT2D eigenvalue weighted by Crippen LogP contribution is -1.65. The summed E-state index contributed by atoms with van der Waals surface area (Å²) in [5, 5.41) is 0. The van der Waals surface area contributed by atoms with Crippen LogP contribution in [0.15, 0.2) is 18.2 Å². The second-order valence-electron chi connectivity index (χ2n) is 1.46. The summed E-state index contributed by atoms with van der Waals surface area (Å²) in [4.78, 5) is 19.2. The maximum Gasteiger partial charge on any atom is 0.142 e. The van der Waals surface area contributed by atoms with Crippen molar-refractivity contribution in [2.24, 2.45) is 0 Å². The van der Waals surface area contributed by atoms with Crippen LogP contribution in [0.5, 0.6) is 0 Å². The van der Waals surface area contributed by atoms with Crippen LogP contribution in [0.25, 0.3) is 0 Å². The van der Waals surface area contributed by atoms with Gasteiger partial charge in [0.05, 0.1) is 0 Å². The number of allylic oxidation sites excluding steroid dienone is 3. The van der Waals surface area contributed by atoms with Gasteiger partial charge in [-0.1, -0.05) is 6.08 Å². The average molecular weight is 124 g/mol. The highest BCUT2D eigenvalue weighted by molar-refractivity contribution is 5.64. The first-order chi connectivity index (χ1) is 4.41. The maximum atomic E-state index is 9.66. The van der Waals surface area contributed by atoms with E-state index in [9.17, 15) is 9.59 Å². The van der Waals surface area contributed by atoms with Crippen molar-refractivity contribution in [1.82, 2.24) is 0 Å². The third kappa shape index (κ3) is 6.86. The van der Waals surface area contributed by atoms with Crippen molar-refractivity contribution in [2.75, 3.05) is 0 Å². The molecule has 0 aliphatic rings. The fraction of sp³-hybridized carbons (Fsp3) is 0.286. The Morgan fingerprint density at radius 3 is 2.67 bits per heavy atom. The molecule has 0 aromatic rings. The molecule has 0 rings (SSSR count). The zero-order valence-corrected chi connectivity index (χ0v) is 5.04. The van der Waals surface area contributed by atoms with Crippen molar-refractivity contribution >= 4 is 12.2 Å². The number of unbranched alkanes of at least 4 members (excludes halogenated alkanes) is 1. The lowest BCUT2D eigenvalue weighted by molar-refractivity contribution is -0.104. The van der Waals surface area contributed by atoms with Crippen LogP contribution in [0.1, 0.15) is 12.8 Å². The lowest BCUT2D eigenvalue weighted by Gasteiger charge is -1.77. The van der Waals surface area contributed by atoms with E-state index in [-0.39, 0.29) is 0 Å². The van der Waals surface area contributed by atoms with E-state index in [1.165, 1.54) is 12.2 Å². The zero-order valence-electron chi connectivity index (χ0n) is 5.04. The largest absolute Gasteiger partial charge is 0.299 e. The van der Waals surface area contributed by atoms with Gasteiger partial charge < -0.3 is 0 Å². The summed E-state index contributed by atoms with van der Waals surface area (Å²) in [7, 11) is 0. The molecule has 0 aliphatic carbocycles. The third-order valence-electron chi connectivity index (χ3n) is 0.776. The minimum atomic E-state index is 0.661. The van der Waals surface area contributed by atoms with Gasteiger partial charge in [0.2, 0.25) is 0 Å². The molecular weight excluding hydrogens is 116 g/mol. The molecule has 0 radical (unpaired) electrons. The molecule has 2 heteroatoms. The van der Waals surface area contributed by atoms with E-state index in [1.54, 1.807) is 12.0 Å². The predicted molar refractivity (Wildman–Crippen MR) is 34.7 cm³/mol. The van der Waals surface area contributed by atoms with Crippen molar-refractivity contribution in [1.29, 1.82) is 0 Å². The number of hydrogen-bond donors (Lipinski definition) is 0. The highest BCUT2D eigenvalue weighted by atomic mass is 16.1. The SMILES string of the molecule is O=C=CCCC=CC=O. The van der Waals surface area contributed by atoms with Crippen LogP contribution in [0.3, 0.4) is 0 Å². The van der Waals surface area contributed by atoms with Crippen molar-refractivity contribution in [2.45, 2.75) is 12.8 Å². The van der Waals surface area contributed by atoms with E-state index < -0.39 is 0 Å². The Morgan fingerprint density at radius 1 is 1.33 bits per heavy atom. The van der Waals surface area contributed by atoms with Gasteiger partial charge in [-0.25, -0.2) is 4.79 Å². The molecule has 9 heavy (non-hydrogen) atoms. The predicted octanol–water partition coefficient (Wildman–Crippen LogP) is 0.909. The quantitative estimate of drug-likeness (QED) is 0.241. The standard InChI is InChI=1S/C7H8O2/c8-6-4-2-1-3-5-7-9/h2,4-6H,1,3H2. The topological polar surface area (TPSA) is 34.1 Å². The highest BCUT2D eigenvalue weighted by Gasteiger charge is 1.73. The first-order valence-corrected chi connectivity index (χ1v) is 2.71. The smallest absolute Gasteiger partial charge is 0.142 e. The molecule has 0 unspecified atom stereocenters. The average Bonchev–Trinajstić information content (AvgIpc) is 1.89. The van der Waals surface area contributed by atoms with Crippen LogP contribution in [-0.4, -0.2) is 12.2 Å². The summed E-state index contributed by atoms with van der Waals surface area (Å²) < 4.78 is 0. The Bertz CT molecular complexity index is 141. The molecule has 0 N–H and O–H groups in total. The monoisotopic (exact) mass is 124 g/mol. The Labute approximate surface area is 53.9 Å². The number of hydrogen-bond acceptors (Lipinski definition) is 2. The lowest BCUT2D eigenvalue weighted by atomic mass is 10.3. The Balaban J connectivity index is 3.18. The van der Waals surface area contributed by atoms with Crippen LogP contribution in [0.2, 0.25) is 0 Å². The first kappa shape index (κ1) is 7.86. The molecule has 48 valence electrons. The number of aldehydes is 1. The van der Waals surface area contributed by atoms with Crippen molar-refractivity contribution in [3.05, 3.63) is 18.2 Å². The maximum absolute atomic E-state index is 9.66. The molecule has 0 atom stereocenters. The molecule has 0 aromatic carbocycles. The van der Waals surface area contributed by atoms with E-state index >= 15 is 0 Å². The van der Waals surface area contributed by atoms with Gasteiger partial charge in [0.1, 0.15) is 12.2 Å². The minimum Gasteiger partial charge on any atom is -0.299 e. The van der Waals surface area contributed by atoms with Gasteiger partial charge in [-0.2, -0.15) is 0 Å². The van der Waals surface area contributed by atoms with E-state index in [0.29, 0.717) is 12.7 Å². The van der Waals surface area contributed by atoms with Crippen LogP contribution in [-0.2, 0) is 9.59 Å². The molecule has 0 saturated carbocycles. The van der Waals surface area contributed by atoms with Crippen molar-refractivity contribution in [3.8, 4) is 0 Å².